The second kappa shape index (κ2) is 14.5. The van der Waals surface area contributed by atoms with Crippen molar-refractivity contribution in [2.24, 2.45) is 0 Å². The predicted molar refractivity (Wildman–Crippen MR) is 265 cm³/mol. The van der Waals surface area contributed by atoms with E-state index in [1.807, 2.05) is 30.3 Å². The largest absolute Gasteiger partial charge is 0.456 e. The van der Waals surface area contributed by atoms with Crippen molar-refractivity contribution in [1.29, 1.82) is 0 Å². The molecule has 0 amide bonds. The molecule has 13 aromatic rings. The summed E-state index contributed by atoms with van der Waals surface area (Å²) < 4.78 is 19.5. The van der Waals surface area contributed by atoms with Crippen LogP contribution in [0.4, 0.5) is 17.1 Å². The summed E-state index contributed by atoms with van der Waals surface area (Å²) in [5, 5.41) is 6.60. The Balaban J connectivity index is 0.976. The molecule has 0 aliphatic carbocycles. The van der Waals surface area contributed by atoms with Gasteiger partial charge in [-0.25, -0.2) is 0 Å². The van der Waals surface area contributed by atoms with Crippen molar-refractivity contribution in [3.8, 4) is 44.5 Å². The molecule has 0 radical (unpaired) electrons. The van der Waals surface area contributed by atoms with Gasteiger partial charge in [-0.15, -0.1) is 0 Å². The first-order chi connectivity index (χ1) is 31.7. The highest BCUT2D eigenvalue weighted by Gasteiger charge is 2.24. The third-order valence-corrected chi connectivity index (χ3v) is 12.7. The molecule has 3 heterocycles. The van der Waals surface area contributed by atoms with Gasteiger partial charge in [0, 0.05) is 43.7 Å². The SMILES string of the molecule is c1ccc(-c2ccccc2N(c2ccc(-c3ccc4c(c3)oc3ccccc34)cc2)c2ccc(-c3cccc(-c4ccc5c(c4)oc4ccccc45)c3)c3oc4ccccc4c23)cc1. The lowest BCUT2D eigenvalue weighted by atomic mass is 9.95. The molecule has 0 spiro atoms. The fourth-order valence-electron chi connectivity index (χ4n) is 9.64. The molecule has 13 rings (SSSR count). The van der Waals surface area contributed by atoms with Crippen molar-refractivity contribution in [3.05, 3.63) is 224 Å². The van der Waals surface area contributed by atoms with E-state index in [1.54, 1.807) is 0 Å². The molecule has 0 N–H and O–H groups in total. The summed E-state index contributed by atoms with van der Waals surface area (Å²) in [7, 11) is 0. The topological polar surface area (TPSA) is 42.7 Å². The molecule has 300 valence electrons. The molecule has 4 heteroatoms. The summed E-state index contributed by atoms with van der Waals surface area (Å²) in [6.45, 7) is 0. The Bertz CT molecular complexity index is 3910. The van der Waals surface area contributed by atoms with Crippen LogP contribution in [0.15, 0.2) is 238 Å². The van der Waals surface area contributed by atoms with E-state index in [1.165, 1.54) is 0 Å². The van der Waals surface area contributed by atoms with Crippen LogP contribution in [-0.2, 0) is 0 Å². The van der Waals surface area contributed by atoms with Gasteiger partial charge in [-0.2, -0.15) is 0 Å². The van der Waals surface area contributed by atoms with Gasteiger partial charge >= 0.3 is 0 Å². The van der Waals surface area contributed by atoms with Crippen LogP contribution in [0, 0.1) is 0 Å². The Labute approximate surface area is 368 Å². The molecule has 0 bridgehead atoms. The Hall–Kier alpha value is -8.60. The number of benzene rings is 10. The summed E-state index contributed by atoms with van der Waals surface area (Å²) in [5.41, 5.74) is 17.1. The van der Waals surface area contributed by atoms with Gasteiger partial charge in [-0.1, -0.05) is 146 Å². The molecule has 10 aromatic carbocycles. The Kier molecular flexibility index (Phi) is 8.18. The quantitative estimate of drug-likeness (QED) is 0.161. The number of rotatable bonds is 7. The number of hydrogen-bond donors (Lipinski definition) is 0. The highest BCUT2D eigenvalue weighted by Crippen LogP contribution is 2.49. The molecule has 0 atom stereocenters. The summed E-state index contributed by atoms with van der Waals surface area (Å²) in [6, 6.07) is 79.2. The second-order valence-electron chi connectivity index (χ2n) is 16.4. The molecule has 0 saturated carbocycles. The zero-order valence-corrected chi connectivity index (χ0v) is 34.5. The predicted octanol–water partition coefficient (Wildman–Crippen LogP) is 17.5. The van der Waals surface area contributed by atoms with Crippen LogP contribution < -0.4 is 4.90 Å². The minimum Gasteiger partial charge on any atom is -0.456 e. The van der Waals surface area contributed by atoms with Crippen LogP contribution in [0.25, 0.3) is 110 Å². The lowest BCUT2D eigenvalue weighted by Crippen LogP contribution is -2.11. The monoisotopic (exact) mass is 819 g/mol. The second-order valence-corrected chi connectivity index (χ2v) is 16.4. The van der Waals surface area contributed by atoms with E-state index in [2.05, 4.69) is 199 Å². The average Bonchev–Trinajstić information content (AvgIpc) is 4.06. The Morgan fingerprint density at radius 3 is 1.48 bits per heavy atom. The molecule has 0 aliphatic heterocycles. The molecule has 0 fully saturated rings. The van der Waals surface area contributed by atoms with Gasteiger partial charge in [-0.05, 0) is 112 Å². The molecule has 64 heavy (non-hydrogen) atoms. The molecule has 0 saturated heterocycles. The lowest BCUT2D eigenvalue weighted by Gasteiger charge is -2.29. The van der Waals surface area contributed by atoms with E-state index >= 15 is 0 Å². The fraction of sp³-hybridized carbons (Fsp3) is 0. The van der Waals surface area contributed by atoms with Gasteiger partial charge in [0.25, 0.3) is 0 Å². The van der Waals surface area contributed by atoms with Gasteiger partial charge in [0.15, 0.2) is 0 Å². The van der Waals surface area contributed by atoms with E-state index in [9.17, 15) is 0 Å². The molecular weight excluding hydrogens is 783 g/mol. The Morgan fingerprint density at radius 1 is 0.266 bits per heavy atom. The first-order valence-corrected chi connectivity index (χ1v) is 21.6. The summed E-state index contributed by atoms with van der Waals surface area (Å²) in [6.07, 6.45) is 0. The van der Waals surface area contributed by atoms with Crippen molar-refractivity contribution >= 4 is 82.9 Å². The smallest absolute Gasteiger partial charge is 0.145 e. The third-order valence-electron chi connectivity index (χ3n) is 12.7. The summed E-state index contributed by atoms with van der Waals surface area (Å²) in [4.78, 5) is 2.39. The number of fused-ring (bicyclic) bond motifs is 9. The van der Waals surface area contributed by atoms with Crippen LogP contribution in [0.5, 0.6) is 0 Å². The van der Waals surface area contributed by atoms with E-state index in [0.717, 1.165) is 127 Å². The minimum atomic E-state index is 0.835. The highest BCUT2D eigenvalue weighted by atomic mass is 16.3. The molecule has 0 unspecified atom stereocenters. The van der Waals surface area contributed by atoms with Crippen LogP contribution in [-0.4, -0.2) is 0 Å². The normalized spacial score (nSPS) is 11.8. The zero-order chi connectivity index (χ0) is 42.1. The fourth-order valence-corrected chi connectivity index (χ4v) is 9.64. The van der Waals surface area contributed by atoms with Crippen molar-refractivity contribution in [2.75, 3.05) is 4.90 Å². The number of furan rings is 3. The molecule has 3 aromatic heterocycles. The van der Waals surface area contributed by atoms with E-state index in [0.29, 0.717) is 0 Å². The van der Waals surface area contributed by atoms with Crippen molar-refractivity contribution in [3.63, 3.8) is 0 Å². The average molecular weight is 820 g/mol. The van der Waals surface area contributed by atoms with Crippen molar-refractivity contribution in [2.45, 2.75) is 0 Å². The van der Waals surface area contributed by atoms with Crippen LogP contribution in [0.2, 0.25) is 0 Å². The van der Waals surface area contributed by atoms with Crippen LogP contribution in [0.1, 0.15) is 0 Å². The van der Waals surface area contributed by atoms with Crippen molar-refractivity contribution in [1.82, 2.24) is 0 Å². The summed E-state index contributed by atoms with van der Waals surface area (Å²) >= 11 is 0. The number of hydrogen-bond acceptors (Lipinski definition) is 4. The van der Waals surface area contributed by atoms with E-state index < -0.39 is 0 Å². The number of nitrogens with zero attached hydrogens (tertiary/aromatic N) is 1. The van der Waals surface area contributed by atoms with Crippen molar-refractivity contribution < 1.29 is 13.3 Å². The zero-order valence-electron chi connectivity index (χ0n) is 34.5. The van der Waals surface area contributed by atoms with E-state index in [-0.39, 0.29) is 0 Å². The van der Waals surface area contributed by atoms with Gasteiger partial charge in [0.1, 0.15) is 33.5 Å². The van der Waals surface area contributed by atoms with E-state index in [4.69, 9.17) is 13.3 Å². The van der Waals surface area contributed by atoms with Gasteiger partial charge in [0.2, 0.25) is 0 Å². The van der Waals surface area contributed by atoms with Gasteiger partial charge in [-0.3, -0.25) is 0 Å². The van der Waals surface area contributed by atoms with Crippen LogP contribution >= 0.6 is 0 Å². The molecule has 0 aliphatic rings. The maximum absolute atomic E-state index is 6.94. The first-order valence-electron chi connectivity index (χ1n) is 21.6. The maximum Gasteiger partial charge on any atom is 0.145 e. The molecular formula is C60H37NO3. The van der Waals surface area contributed by atoms with Gasteiger partial charge < -0.3 is 18.2 Å². The molecule has 4 nitrogen and oxygen atoms in total. The lowest BCUT2D eigenvalue weighted by molar-refractivity contribution is 0.668. The van der Waals surface area contributed by atoms with Crippen LogP contribution in [0.3, 0.4) is 0 Å². The minimum absolute atomic E-state index is 0.835. The summed E-state index contributed by atoms with van der Waals surface area (Å²) in [5.74, 6) is 0. The number of para-hydroxylation sites is 4. The maximum atomic E-state index is 6.94. The third kappa shape index (κ3) is 5.84. The van der Waals surface area contributed by atoms with Gasteiger partial charge in [0.05, 0.1) is 16.8 Å². The number of anilines is 3. The highest BCUT2D eigenvalue weighted by molar-refractivity contribution is 6.17. The Morgan fingerprint density at radius 2 is 0.781 bits per heavy atom. The first kappa shape index (κ1) is 36.1. The standard InChI is InChI=1S/C60H37NO3/c1-2-13-39(14-3-1)45-17-4-8-21-52(45)61(44-29-25-38(26-30-44)41-27-31-49-47-18-5-9-22-54(47)62-57(49)36-41)53-34-33-46(60-59(53)51-20-7-11-24-56(51)64-60)43-16-12-15-40(35-43)42-28-32-50-48-19-6-10-23-55(48)63-58(50)37-42/h1-37H.